The van der Waals surface area contributed by atoms with Gasteiger partial charge >= 0.3 is 0 Å². The predicted molar refractivity (Wildman–Crippen MR) is 143 cm³/mol. The normalized spacial score (nSPS) is 40.8. The minimum Gasteiger partial charge on any atom is -0.504 e. The molecule has 5 fully saturated rings. The first-order chi connectivity index (χ1) is 17.8. The van der Waals surface area contributed by atoms with Crippen LogP contribution < -0.4 is 4.74 Å². The van der Waals surface area contributed by atoms with Crippen LogP contribution in [0.4, 0.5) is 0 Å². The Hall–Kier alpha value is -1.60. The number of phenolic OH excluding ortho intramolecular Hbond substituents is 1. The van der Waals surface area contributed by atoms with Gasteiger partial charge in [0, 0.05) is 46.9 Å². The number of benzene rings is 1. The van der Waals surface area contributed by atoms with E-state index in [1.807, 2.05) is 13.2 Å². The van der Waals surface area contributed by atoms with Crippen molar-refractivity contribution in [2.24, 2.45) is 17.3 Å². The average molecular weight is 522 g/mol. The number of nitrogens with zero attached hydrogens (tertiary/aromatic N) is 1. The topological polar surface area (TPSA) is 62.2 Å². The van der Waals surface area contributed by atoms with Crippen molar-refractivity contribution in [1.29, 1.82) is 0 Å². The van der Waals surface area contributed by atoms with Crippen molar-refractivity contribution in [3.63, 3.8) is 0 Å². The Morgan fingerprint density at radius 1 is 1.22 bits per heavy atom. The summed E-state index contributed by atoms with van der Waals surface area (Å²) in [5.74, 6) is 1.82. The van der Waals surface area contributed by atoms with E-state index in [0.29, 0.717) is 11.8 Å². The number of hydrogen-bond donors (Lipinski definition) is 2. The molecule has 0 radical (unpaired) electrons. The second-order valence-corrected chi connectivity index (χ2v) is 14.4. The molecule has 1 saturated heterocycles. The summed E-state index contributed by atoms with van der Waals surface area (Å²) in [6.45, 7) is 4.36. The lowest BCUT2D eigenvalue weighted by molar-refractivity contribution is -0.302. The van der Waals surface area contributed by atoms with Gasteiger partial charge in [0.2, 0.25) is 0 Å². The van der Waals surface area contributed by atoms with Crippen molar-refractivity contribution in [3.05, 3.63) is 45.6 Å². The zero-order chi connectivity index (χ0) is 25.2. The molecule has 6 unspecified atom stereocenters. The third-order valence-corrected chi connectivity index (χ3v) is 12.8. The maximum Gasteiger partial charge on any atom is 0.165 e. The van der Waals surface area contributed by atoms with Crippen LogP contribution in [0.1, 0.15) is 67.9 Å². The highest BCUT2D eigenvalue weighted by molar-refractivity contribution is 7.09. The largest absolute Gasteiger partial charge is 0.504 e. The minimum absolute atomic E-state index is 0.0155. The van der Waals surface area contributed by atoms with Gasteiger partial charge in [0.05, 0.1) is 5.60 Å². The Balaban J connectivity index is 1.28. The maximum atomic E-state index is 12.3. The average Bonchev–Trinajstić information content (AvgIpc) is 3.40. The third kappa shape index (κ3) is 2.81. The Morgan fingerprint density at radius 2 is 2.08 bits per heavy atom. The van der Waals surface area contributed by atoms with E-state index in [9.17, 15) is 10.2 Å². The lowest BCUT2D eigenvalue weighted by atomic mass is 9.33. The van der Waals surface area contributed by atoms with Gasteiger partial charge < -0.3 is 19.7 Å². The molecule has 2 spiro atoms. The van der Waals surface area contributed by atoms with Gasteiger partial charge in [-0.15, -0.1) is 11.3 Å². The van der Waals surface area contributed by atoms with Crippen LogP contribution in [0.3, 0.4) is 0 Å². The number of hydrogen-bond acceptors (Lipinski definition) is 6. The third-order valence-electron chi connectivity index (χ3n) is 11.9. The molecule has 4 bridgehead atoms. The van der Waals surface area contributed by atoms with Gasteiger partial charge in [-0.3, -0.25) is 4.90 Å². The fourth-order valence-corrected chi connectivity index (χ4v) is 10.8. The molecule has 1 aromatic heterocycles. The van der Waals surface area contributed by atoms with Crippen molar-refractivity contribution in [2.45, 2.75) is 93.5 Å². The summed E-state index contributed by atoms with van der Waals surface area (Å²) in [4.78, 5) is 4.16. The van der Waals surface area contributed by atoms with E-state index in [0.717, 1.165) is 57.4 Å². The fraction of sp³-hybridized carbons (Fsp3) is 0.677. The molecule has 198 valence electrons. The van der Waals surface area contributed by atoms with E-state index in [2.05, 4.69) is 35.4 Å². The molecule has 2 aliphatic heterocycles. The van der Waals surface area contributed by atoms with Gasteiger partial charge in [0.1, 0.15) is 11.7 Å². The molecule has 5 aliphatic carbocycles. The van der Waals surface area contributed by atoms with Crippen LogP contribution in [0.5, 0.6) is 11.5 Å². The molecule has 5 nitrogen and oxygen atoms in total. The van der Waals surface area contributed by atoms with Crippen LogP contribution in [-0.4, -0.2) is 58.7 Å². The highest BCUT2D eigenvalue weighted by Crippen LogP contribution is 2.77. The summed E-state index contributed by atoms with van der Waals surface area (Å²) in [5.41, 5.74) is 1.11. The van der Waals surface area contributed by atoms with Gasteiger partial charge in [-0.05, 0) is 100 Å². The quantitative estimate of drug-likeness (QED) is 0.533. The summed E-state index contributed by atoms with van der Waals surface area (Å²) < 4.78 is 13.5. The van der Waals surface area contributed by atoms with Crippen LogP contribution in [0.15, 0.2) is 29.6 Å². The monoisotopic (exact) mass is 521 g/mol. The van der Waals surface area contributed by atoms with Crippen molar-refractivity contribution in [3.8, 4) is 11.5 Å². The molecule has 7 atom stereocenters. The van der Waals surface area contributed by atoms with Crippen LogP contribution >= 0.6 is 11.3 Å². The number of rotatable bonds is 7. The van der Waals surface area contributed by atoms with E-state index >= 15 is 0 Å². The highest BCUT2D eigenvalue weighted by atomic mass is 32.1. The zero-order valence-electron chi connectivity index (χ0n) is 22.0. The molecular weight excluding hydrogens is 482 g/mol. The number of aryl methyl sites for hydroxylation is 1. The lowest BCUT2D eigenvalue weighted by Crippen LogP contribution is -2.82. The Kier molecular flexibility index (Phi) is 4.74. The first kappa shape index (κ1) is 23.3. The summed E-state index contributed by atoms with van der Waals surface area (Å²) in [7, 11) is 1.84. The van der Waals surface area contributed by atoms with E-state index in [1.165, 1.54) is 35.4 Å². The van der Waals surface area contributed by atoms with E-state index < -0.39 is 11.2 Å². The molecule has 0 amide bonds. The summed E-state index contributed by atoms with van der Waals surface area (Å²) in [6.07, 6.45) is 9.25. The summed E-state index contributed by atoms with van der Waals surface area (Å²) >= 11 is 1.77. The molecule has 2 N–H and O–H groups in total. The van der Waals surface area contributed by atoms with Crippen LogP contribution in [0, 0.1) is 17.3 Å². The molecule has 9 rings (SSSR count). The first-order valence-corrected chi connectivity index (χ1v) is 15.3. The number of ether oxygens (including phenoxy) is 2. The molecule has 37 heavy (non-hydrogen) atoms. The lowest BCUT2D eigenvalue weighted by Gasteiger charge is -2.75. The van der Waals surface area contributed by atoms with Gasteiger partial charge in [0.25, 0.3) is 0 Å². The number of methoxy groups -OCH3 is 1. The molecule has 2 aromatic rings. The van der Waals surface area contributed by atoms with Crippen LogP contribution in [0.25, 0.3) is 0 Å². The van der Waals surface area contributed by atoms with E-state index in [1.54, 1.807) is 11.3 Å². The van der Waals surface area contributed by atoms with Gasteiger partial charge in [-0.25, -0.2) is 0 Å². The zero-order valence-corrected chi connectivity index (χ0v) is 22.9. The molecule has 3 heterocycles. The summed E-state index contributed by atoms with van der Waals surface area (Å²) in [6, 6.07) is 8.75. The highest BCUT2D eigenvalue weighted by Gasteiger charge is 2.81. The number of likely N-dealkylation sites (tertiary alicyclic amines) is 1. The number of fused-ring (bicyclic) bond motifs is 2. The number of aromatic hydroxyl groups is 1. The van der Waals surface area contributed by atoms with Crippen molar-refractivity contribution in [2.75, 3.05) is 20.2 Å². The Bertz CT molecular complexity index is 1240. The number of piperidine rings is 1. The number of thiophene rings is 1. The van der Waals surface area contributed by atoms with Crippen LogP contribution in [-0.2, 0) is 23.0 Å². The number of aliphatic hydroxyl groups is 1. The van der Waals surface area contributed by atoms with Crippen LogP contribution in [0.2, 0.25) is 0 Å². The van der Waals surface area contributed by atoms with Crippen molar-refractivity contribution < 1.29 is 19.7 Å². The Morgan fingerprint density at radius 3 is 2.84 bits per heavy atom. The predicted octanol–water partition coefficient (Wildman–Crippen LogP) is 5.06. The fourth-order valence-electron chi connectivity index (χ4n) is 10.1. The van der Waals surface area contributed by atoms with Gasteiger partial charge in [-0.1, -0.05) is 12.1 Å². The number of phenols is 1. The standard InChI is InChI=1S/C31H39NO4S/c1-28(34,10-9-21-4-3-15-37-21)23-17-29-11-12-31(23,35-2)27-30(29)13-14-32(18-19-5-6-19)24(29)16-20-7-8-22(33)26(36-27)25(20)30/h3-4,7-8,15,19,23-24,27,33-34H,5-6,9-14,16-18H2,1-2H3/t23?,24?,27?,28?,29?,30-,31?/m0/s1. The van der Waals surface area contributed by atoms with Crippen molar-refractivity contribution >= 4 is 11.3 Å². The minimum atomic E-state index is -0.870. The summed E-state index contributed by atoms with van der Waals surface area (Å²) in [5, 5.41) is 25.4. The van der Waals surface area contributed by atoms with Gasteiger partial charge in [-0.2, -0.15) is 0 Å². The van der Waals surface area contributed by atoms with Crippen molar-refractivity contribution in [1.82, 2.24) is 4.90 Å². The second kappa shape index (κ2) is 7.53. The molecular formula is C31H39NO4S. The van der Waals surface area contributed by atoms with E-state index in [-0.39, 0.29) is 28.6 Å². The molecule has 6 heteroatoms. The molecule has 1 aromatic carbocycles. The van der Waals surface area contributed by atoms with E-state index in [4.69, 9.17) is 9.47 Å². The second-order valence-electron chi connectivity index (χ2n) is 13.3. The van der Waals surface area contributed by atoms with Gasteiger partial charge in [0.15, 0.2) is 11.5 Å². The first-order valence-electron chi connectivity index (χ1n) is 14.4. The smallest absolute Gasteiger partial charge is 0.165 e. The maximum absolute atomic E-state index is 12.3. The SMILES string of the molecule is COC12CCC3(CC1C(C)(O)CCc1cccs1)C1Cc4ccc(O)c5c4[C@@]3(CCN1CC1CC1)C2O5. The Labute approximate surface area is 223 Å². The molecule has 4 saturated carbocycles. The molecule has 7 aliphatic rings.